The van der Waals surface area contributed by atoms with Crippen molar-refractivity contribution in [3.05, 3.63) is 33.7 Å². The van der Waals surface area contributed by atoms with E-state index in [0.717, 1.165) is 18.5 Å². The summed E-state index contributed by atoms with van der Waals surface area (Å²) in [6, 6.07) is 3.10. The van der Waals surface area contributed by atoms with Crippen LogP contribution < -0.4 is 5.56 Å². The second-order valence-corrected chi connectivity index (χ2v) is 3.91. The van der Waals surface area contributed by atoms with Gasteiger partial charge in [0.05, 0.1) is 0 Å². The molecule has 2 rings (SSSR count). The van der Waals surface area contributed by atoms with Crippen LogP contribution in [0.2, 0.25) is 0 Å². The fourth-order valence-electron chi connectivity index (χ4n) is 2.12. The fraction of sp³-hybridized carbons (Fsp3) is 0.385. The van der Waals surface area contributed by atoms with Crippen molar-refractivity contribution in [1.29, 1.82) is 0 Å². The molecule has 3 nitrogen and oxygen atoms in total. The molecule has 16 heavy (non-hydrogen) atoms. The molecule has 0 spiro atoms. The number of ketones is 1. The van der Waals surface area contributed by atoms with E-state index in [1.165, 1.54) is 6.07 Å². The molecule has 0 amide bonds. The summed E-state index contributed by atoms with van der Waals surface area (Å²) in [6.45, 7) is 0.506. The highest BCUT2D eigenvalue weighted by molar-refractivity contribution is 5.97. The molecule has 0 atom stereocenters. The third-order valence-corrected chi connectivity index (χ3v) is 2.89. The van der Waals surface area contributed by atoms with Crippen LogP contribution in [0.4, 0.5) is 0 Å². The van der Waals surface area contributed by atoms with Crippen molar-refractivity contribution in [1.82, 2.24) is 4.57 Å². The van der Waals surface area contributed by atoms with Crippen LogP contribution in [0.25, 0.3) is 0 Å². The quantitative estimate of drug-likeness (QED) is 0.699. The SMILES string of the molecule is C#CCCn1c2c(ccc1=O)C(=O)CCC2. The van der Waals surface area contributed by atoms with E-state index in [1.807, 2.05) is 0 Å². The molecule has 0 N–H and O–H groups in total. The third-order valence-electron chi connectivity index (χ3n) is 2.89. The summed E-state index contributed by atoms with van der Waals surface area (Å²) in [4.78, 5) is 23.4. The average Bonchev–Trinajstić information content (AvgIpc) is 2.28. The standard InChI is InChI=1S/C13H13NO2/c1-2-3-9-14-11-5-4-6-12(15)10(11)7-8-13(14)16/h1,7-8H,3-6,9H2. The van der Waals surface area contributed by atoms with E-state index in [-0.39, 0.29) is 11.3 Å². The molecule has 0 radical (unpaired) electrons. The molecular weight excluding hydrogens is 202 g/mol. The molecule has 1 aliphatic rings. The van der Waals surface area contributed by atoms with Gasteiger partial charge >= 0.3 is 0 Å². The number of aromatic nitrogens is 1. The number of hydrogen-bond donors (Lipinski definition) is 0. The highest BCUT2D eigenvalue weighted by Gasteiger charge is 2.20. The van der Waals surface area contributed by atoms with Gasteiger partial charge in [0.25, 0.3) is 5.56 Å². The molecule has 0 unspecified atom stereocenters. The molecule has 0 bridgehead atoms. The molecule has 3 heteroatoms. The van der Waals surface area contributed by atoms with E-state index in [9.17, 15) is 9.59 Å². The Labute approximate surface area is 94.1 Å². The fourth-order valence-corrected chi connectivity index (χ4v) is 2.12. The highest BCUT2D eigenvalue weighted by Crippen LogP contribution is 2.19. The molecule has 0 aromatic carbocycles. The Morgan fingerprint density at radius 1 is 1.31 bits per heavy atom. The molecule has 1 aromatic heterocycles. The van der Waals surface area contributed by atoms with Gasteiger partial charge in [0.15, 0.2) is 5.78 Å². The first-order valence-electron chi connectivity index (χ1n) is 5.43. The van der Waals surface area contributed by atoms with Gasteiger partial charge in [-0.25, -0.2) is 0 Å². The number of hydrogen-bond acceptors (Lipinski definition) is 2. The average molecular weight is 215 g/mol. The number of pyridine rings is 1. The summed E-state index contributed by atoms with van der Waals surface area (Å²) in [5.74, 6) is 2.65. The second-order valence-electron chi connectivity index (χ2n) is 3.91. The highest BCUT2D eigenvalue weighted by atomic mass is 16.1. The smallest absolute Gasteiger partial charge is 0.250 e. The number of rotatable bonds is 2. The van der Waals surface area contributed by atoms with E-state index in [4.69, 9.17) is 6.42 Å². The van der Waals surface area contributed by atoms with Crippen molar-refractivity contribution in [3.63, 3.8) is 0 Å². The Hall–Kier alpha value is -1.82. The maximum Gasteiger partial charge on any atom is 0.250 e. The first-order valence-corrected chi connectivity index (χ1v) is 5.43. The summed E-state index contributed by atoms with van der Waals surface area (Å²) >= 11 is 0. The normalized spacial score (nSPS) is 14.3. The summed E-state index contributed by atoms with van der Waals surface area (Å²) in [5.41, 5.74) is 1.49. The first kappa shape index (κ1) is 10.7. The Balaban J connectivity index is 2.51. The van der Waals surface area contributed by atoms with Crippen LogP contribution in [0.1, 0.15) is 35.3 Å². The van der Waals surface area contributed by atoms with Crippen LogP contribution in [0, 0.1) is 12.3 Å². The summed E-state index contributed by atoms with van der Waals surface area (Å²) < 4.78 is 1.65. The van der Waals surface area contributed by atoms with Crippen molar-refractivity contribution < 1.29 is 4.79 Å². The lowest BCUT2D eigenvalue weighted by atomic mass is 9.94. The summed E-state index contributed by atoms with van der Waals surface area (Å²) in [5, 5.41) is 0. The molecular formula is C13H13NO2. The zero-order valence-electron chi connectivity index (χ0n) is 9.03. The topological polar surface area (TPSA) is 39.1 Å². The first-order chi connectivity index (χ1) is 7.74. The van der Waals surface area contributed by atoms with Crippen molar-refractivity contribution in [2.45, 2.75) is 32.2 Å². The molecule has 0 saturated heterocycles. The van der Waals surface area contributed by atoms with Crippen LogP contribution >= 0.6 is 0 Å². The van der Waals surface area contributed by atoms with E-state index in [1.54, 1.807) is 10.6 Å². The molecule has 1 aromatic rings. The summed E-state index contributed by atoms with van der Waals surface area (Å²) in [6.07, 6.45) is 7.92. The van der Waals surface area contributed by atoms with Crippen LogP contribution in [0.15, 0.2) is 16.9 Å². The van der Waals surface area contributed by atoms with Gasteiger partial charge in [-0.2, -0.15) is 0 Å². The van der Waals surface area contributed by atoms with Gasteiger partial charge in [-0.3, -0.25) is 9.59 Å². The zero-order valence-corrected chi connectivity index (χ0v) is 9.03. The molecule has 1 heterocycles. The van der Waals surface area contributed by atoms with Crippen molar-refractivity contribution >= 4 is 5.78 Å². The molecule has 0 saturated carbocycles. The molecule has 82 valence electrons. The Morgan fingerprint density at radius 2 is 2.12 bits per heavy atom. The van der Waals surface area contributed by atoms with Crippen molar-refractivity contribution in [3.8, 4) is 12.3 Å². The number of carbonyl (C=O) groups is 1. The van der Waals surface area contributed by atoms with Crippen LogP contribution in [-0.2, 0) is 13.0 Å². The van der Waals surface area contributed by atoms with E-state index >= 15 is 0 Å². The molecule has 1 aliphatic carbocycles. The van der Waals surface area contributed by atoms with E-state index in [0.29, 0.717) is 24.9 Å². The van der Waals surface area contributed by atoms with Crippen molar-refractivity contribution in [2.75, 3.05) is 0 Å². The third kappa shape index (κ3) is 1.79. The molecule has 0 fully saturated rings. The van der Waals surface area contributed by atoms with Gasteiger partial charge in [0, 0.05) is 36.7 Å². The van der Waals surface area contributed by atoms with Crippen LogP contribution in [0.3, 0.4) is 0 Å². The number of nitrogens with zero attached hydrogens (tertiary/aromatic N) is 1. The number of Topliss-reactive ketones (excluding diaryl/α,β-unsaturated/α-hetero) is 1. The van der Waals surface area contributed by atoms with Gasteiger partial charge in [-0.15, -0.1) is 12.3 Å². The van der Waals surface area contributed by atoms with E-state index < -0.39 is 0 Å². The monoisotopic (exact) mass is 215 g/mol. The van der Waals surface area contributed by atoms with Gasteiger partial charge in [0.2, 0.25) is 0 Å². The van der Waals surface area contributed by atoms with Gasteiger partial charge in [-0.1, -0.05) is 0 Å². The van der Waals surface area contributed by atoms with Gasteiger partial charge in [-0.05, 0) is 18.9 Å². The summed E-state index contributed by atoms with van der Waals surface area (Å²) in [7, 11) is 0. The largest absolute Gasteiger partial charge is 0.311 e. The molecule has 0 aliphatic heterocycles. The minimum atomic E-state index is -0.0660. The number of fused-ring (bicyclic) bond motifs is 1. The number of carbonyl (C=O) groups excluding carboxylic acids is 1. The maximum absolute atomic E-state index is 11.7. The van der Waals surface area contributed by atoms with Gasteiger partial charge < -0.3 is 4.57 Å². The number of terminal acetylenes is 1. The van der Waals surface area contributed by atoms with E-state index in [2.05, 4.69) is 5.92 Å². The lowest BCUT2D eigenvalue weighted by Gasteiger charge is -2.19. The Bertz CT molecular complexity index is 520. The predicted octanol–water partition coefficient (Wildman–Crippen LogP) is 1.39. The van der Waals surface area contributed by atoms with Crippen molar-refractivity contribution in [2.24, 2.45) is 0 Å². The second kappa shape index (κ2) is 4.36. The maximum atomic E-state index is 11.7. The lowest BCUT2D eigenvalue weighted by molar-refractivity contribution is 0.0970. The Kier molecular flexibility index (Phi) is 2.91. The van der Waals surface area contributed by atoms with Crippen LogP contribution in [0.5, 0.6) is 0 Å². The minimum absolute atomic E-state index is 0.0660. The Morgan fingerprint density at radius 3 is 2.88 bits per heavy atom. The zero-order chi connectivity index (χ0) is 11.5. The minimum Gasteiger partial charge on any atom is -0.311 e. The van der Waals surface area contributed by atoms with Crippen LogP contribution in [-0.4, -0.2) is 10.4 Å². The van der Waals surface area contributed by atoms with Gasteiger partial charge in [0.1, 0.15) is 0 Å². The predicted molar refractivity (Wildman–Crippen MR) is 61.4 cm³/mol. The lowest BCUT2D eigenvalue weighted by Crippen LogP contribution is -2.27.